The molecule has 0 saturated carbocycles. The minimum atomic E-state index is 0.246. The maximum absolute atomic E-state index is 5.75. The summed E-state index contributed by atoms with van der Waals surface area (Å²) in [7, 11) is 1.69. The van der Waals surface area contributed by atoms with E-state index in [4.69, 9.17) is 21.1 Å². The third kappa shape index (κ3) is 2.98. The molecule has 1 N–H and O–H groups in total. The molecule has 0 bridgehead atoms. The van der Waals surface area contributed by atoms with Crippen LogP contribution in [0.1, 0.15) is 18.1 Å². The topological polar surface area (TPSA) is 30.5 Å². The first-order valence-corrected chi connectivity index (χ1v) is 6.38. The van der Waals surface area contributed by atoms with Crippen LogP contribution >= 0.6 is 11.6 Å². The highest BCUT2D eigenvalue weighted by Gasteiger charge is 2.21. The highest BCUT2D eigenvalue weighted by Crippen LogP contribution is 2.34. The maximum Gasteiger partial charge on any atom is 0.123 e. The molecule has 3 nitrogen and oxygen atoms in total. The van der Waals surface area contributed by atoms with Crippen molar-refractivity contribution in [2.24, 2.45) is 0 Å². The van der Waals surface area contributed by atoms with Gasteiger partial charge in [-0.05, 0) is 19.1 Å². The van der Waals surface area contributed by atoms with Crippen LogP contribution in [0, 0.1) is 0 Å². The summed E-state index contributed by atoms with van der Waals surface area (Å²) in [6, 6.07) is 4.10. The van der Waals surface area contributed by atoms with E-state index in [-0.39, 0.29) is 6.10 Å². The number of rotatable bonds is 5. The molecular weight excluding hydrogens is 250 g/mol. The molecule has 0 radical (unpaired) electrons. The van der Waals surface area contributed by atoms with Crippen LogP contribution < -0.4 is 14.8 Å². The van der Waals surface area contributed by atoms with Gasteiger partial charge in [0.1, 0.15) is 17.6 Å². The van der Waals surface area contributed by atoms with Crippen LogP contribution in [0.25, 0.3) is 0 Å². The highest BCUT2D eigenvalue weighted by atomic mass is 35.5. The normalized spacial score (nSPS) is 17.2. The van der Waals surface area contributed by atoms with Crippen molar-refractivity contribution in [3.8, 4) is 11.5 Å². The summed E-state index contributed by atoms with van der Waals surface area (Å²) in [6.45, 7) is 6.98. The van der Waals surface area contributed by atoms with Crippen molar-refractivity contribution in [2.75, 3.05) is 13.7 Å². The number of benzene rings is 1. The summed E-state index contributed by atoms with van der Waals surface area (Å²) in [4.78, 5) is 0. The zero-order valence-corrected chi connectivity index (χ0v) is 11.5. The Morgan fingerprint density at radius 3 is 3.06 bits per heavy atom. The molecule has 98 valence electrons. The second-order valence-corrected chi connectivity index (χ2v) is 5.06. The van der Waals surface area contributed by atoms with E-state index >= 15 is 0 Å². The molecule has 0 aromatic heterocycles. The van der Waals surface area contributed by atoms with Crippen LogP contribution in [-0.2, 0) is 13.0 Å². The van der Waals surface area contributed by atoms with Crippen LogP contribution in [0.5, 0.6) is 11.5 Å². The van der Waals surface area contributed by atoms with Crippen LogP contribution in [0.3, 0.4) is 0 Å². The lowest BCUT2D eigenvalue weighted by Crippen LogP contribution is -2.15. The molecule has 0 amide bonds. The van der Waals surface area contributed by atoms with Crippen LogP contribution in [0.4, 0.5) is 0 Å². The van der Waals surface area contributed by atoms with Gasteiger partial charge in [0.15, 0.2) is 0 Å². The Kier molecular flexibility index (Phi) is 4.15. The van der Waals surface area contributed by atoms with Gasteiger partial charge in [0.25, 0.3) is 0 Å². The second-order valence-electron chi connectivity index (χ2n) is 4.53. The maximum atomic E-state index is 5.75. The molecule has 2 rings (SSSR count). The third-order valence-electron chi connectivity index (χ3n) is 2.93. The molecule has 0 aliphatic carbocycles. The zero-order chi connectivity index (χ0) is 13.1. The van der Waals surface area contributed by atoms with Gasteiger partial charge in [-0.15, -0.1) is 0 Å². The Bertz CT molecular complexity index is 459. The van der Waals surface area contributed by atoms with Gasteiger partial charge in [-0.2, -0.15) is 0 Å². The molecule has 1 atom stereocenters. The molecule has 0 fully saturated rings. The Hall–Kier alpha value is -1.19. The van der Waals surface area contributed by atoms with E-state index in [2.05, 4.69) is 24.9 Å². The Balaban J connectivity index is 2.14. The average molecular weight is 268 g/mol. The van der Waals surface area contributed by atoms with Gasteiger partial charge < -0.3 is 14.8 Å². The van der Waals surface area contributed by atoms with Crippen LogP contribution in [-0.4, -0.2) is 19.8 Å². The summed E-state index contributed by atoms with van der Waals surface area (Å²) in [5.74, 6) is 1.85. The highest BCUT2D eigenvalue weighted by molar-refractivity contribution is 6.29. The molecule has 1 aliphatic heterocycles. The standard InChI is InChI=1S/C14H18ClNO2/c1-9(15)7-16-8-12-6-14-11(4-10(2)18-14)5-13(12)17-3/h5-6,10,16H,1,4,7-8H2,2-3H3/t10-/m1/s1. The number of halogens is 1. The molecule has 1 aromatic carbocycles. The lowest BCUT2D eigenvalue weighted by atomic mass is 10.1. The molecule has 0 saturated heterocycles. The van der Waals surface area contributed by atoms with Crippen molar-refractivity contribution in [1.82, 2.24) is 5.32 Å². The first kappa shape index (κ1) is 13.2. The Morgan fingerprint density at radius 2 is 2.39 bits per heavy atom. The summed E-state index contributed by atoms with van der Waals surface area (Å²) < 4.78 is 11.2. The van der Waals surface area contributed by atoms with E-state index in [1.807, 2.05) is 6.07 Å². The molecule has 1 aromatic rings. The molecule has 0 spiro atoms. The van der Waals surface area contributed by atoms with Crippen LogP contribution in [0.2, 0.25) is 0 Å². The van der Waals surface area contributed by atoms with E-state index in [1.165, 1.54) is 5.56 Å². The lowest BCUT2D eigenvalue weighted by Gasteiger charge is -2.11. The summed E-state index contributed by atoms with van der Waals surface area (Å²) in [6.07, 6.45) is 1.19. The van der Waals surface area contributed by atoms with E-state index in [1.54, 1.807) is 7.11 Å². The number of nitrogens with one attached hydrogen (secondary N) is 1. The van der Waals surface area contributed by atoms with Gasteiger partial charge >= 0.3 is 0 Å². The first-order valence-electron chi connectivity index (χ1n) is 6.00. The Labute approximate surface area is 113 Å². The molecule has 0 unspecified atom stereocenters. The zero-order valence-electron chi connectivity index (χ0n) is 10.8. The minimum Gasteiger partial charge on any atom is -0.496 e. The largest absolute Gasteiger partial charge is 0.496 e. The fraction of sp³-hybridized carbons (Fsp3) is 0.429. The van der Waals surface area contributed by atoms with E-state index in [9.17, 15) is 0 Å². The minimum absolute atomic E-state index is 0.246. The number of fused-ring (bicyclic) bond motifs is 1. The quantitative estimate of drug-likeness (QED) is 0.890. The lowest BCUT2D eigenvalue weighted by molar-refractivity contribution is 0.254. The summed E-state index contributed by atoms with van der Waals surface area (Å²) in [5.41, 5.74) is 2.29. The van der Waals surface area contributed by atoms with E-state index in [0.717, 1.165) is 23.5 Å². The molecule has 1 heterocycles. The monoisotopic (exact) mass is 267 g/mol. The number of hydrogen-bond acceptors (Lipinski definition) is 3. The Morgan fingerprint density at radius 1 is 1.61 bits per heavy atom. The van der Waals surface area contributed by atoms with Crippen molar-refractivity contribution in [3.05, 3.63) is 34.9 Å². The molecular formula is C14H18ClNO2. The van der Waals surface area contributed by atoms with Crippen molar-refractivity contribution in [1.29, 1.82) is 0 Å². The van der Waals surface area contributed by atoms with Gasteiger partial charge in [-0.3, -0.25) is 0 Å². The summed E-state index contributed by atoms with van der Waals surface area (Å²) in [5, 5.41) is 3.81. The average Bonchev–Trinajstić information content (AvgIpc) is 2.66. The number of methoxy groups -OCH3 is 1. The number of hydrogen-bond donors (Lipinski definition) is 1. The summed E-state index contributed by atoms with van der Waals surface area (Å²) >= 11 is 5.72. The van der Waals surface area contributed by atoms with Gasteiger partial charge in [0, 0.05) is 35.7 Å². The van der Waals surface area contributed by atoms with E-state index in [0.29, 0.717) is 18.1 Å². The van der Waals surface area contributed by atoms with Crippen molar-refractivity contribution in [3.63, 3.8) is 0 Å². The van der Waals surface area contributed by atoms with Gasteiger partial charge in [0.2, 0.25) is 0 Å². The van der Waals surface area contributed by atoms with Gasteiger partial charge in [-0.25, -0.2) is 0 Å². The van der Waals surface area contributed by atoms with Gasteiger partial charge in [-0.1, -0.05) is 18.2 Å². The SMILES string of the molecule is C=C(Cl)CNCc1cc2c(cc1OC)C[C@@H](C)O2. The van der Waals surface area contributed by atoms with Crippen molar-refractivity contribution < 1.29 is 9.47 Å². The second kappa shape index (κ2) is 5.63. The molecule has 4 heteroatoms. The third-order valence-corrected chi connectivity index (χ3v) is 3.06. The molecule has 18 heavy (non-hydrogen) atoms. The van der Waals surface area contributed by atoms with Gasteiger partial charge in [0.05, 0.1) is 7.11 Å². The van der Waals surface area contributed by atoms with Crippen molar-refractivity contribution in [2.45, 2.75) is 26.0 Å². The van der Waals surface area contributed by atoms with E-state index < -0.39 is 0 Å². The number of ether oxygens (including phenoxy) is 2. The van der Waals surface area contributed by atoms with Crippen LogP contribution in [0.15, 0.2) is 23.7 Å². The predicted molar refractivity (Wildman–Crippen MR) is 73.5 cm³/mol. The molecule has 1 aliphatic rings. The first-order chi connectivity index (χ1) is 8.60. The fourth-order valence-corrected chi connectivity index (χ4v) is 2.24. The smallest absolute Gasteiger partial charge is 0.123 e. The fourth-order valence-electron chi connectivity index (χ4n) is 2.14. The van der Waals surface area contributed by atoms with Crippen molar-refractivity contribution >= 4 is 11.6 Å². The predicted octanol–water partition coefficient (Wildman–Crippen LogP) is 2.86.